The van der Waals surface area contributed by atoms with E-state index in [0.717, 1.165) is 11.1 Å². The molecule has 0 bridgehead atoms. The highest BCUT2D eigenvalue weighted by molar-refractivity contribution is 9.10. The molecule has 0 spiro atoms. The quantitative estimate of drug-likeness (QED) is 0.813. The number of anilines is 2. The average Bonchev–Trinajstić information content (AvgIpc) is 2.42. The number of carbonyl (C=O) groups excluding carboxylic acids is 1. The van der Waals surface area contributed by atoms with Crippen LogP contribution in [0.2, 0.25) is 0 Å². The summed E-state index contributed by atoms with van der Waals surface area (Å²) in [6.07, 6.45) is 0. The Labute approximate surface area is 125 Å². The number of nitrogens with one attached hydrogen (secondary N) is 1. The predicted molar refractivity (Wildman–Crippen MR) is 82.4 cm³/mol. The van der Waals surface area contributed by atoms with Crippen molar-refractivity contribution >= 4 is 33.2 Å². The molecule has 0 radical (unpaired) electrons. The molecular formula is C15H14BrFN2O. The van der Waals surface area contributed by atoms with Gasteiger partial charge in [-0.15, -0.1) is 0 Å². The molecule has 0 heterocycles. The van der Waals surface area contributed by atoms with Gasteiger partial charge in [-0.05, 0) is 65.2 Å². The van der Waals surface area contributed by atoms with Crippen molar-refractivity contribution in [3.63, 3.8) is 0 Å². The fourth-order valence-corrected chi connectivity index (χ4v) is 2.20. The van der Waals surface area contributed by atoms with Gasteiger partial charge in [0, 0.05) is 5.56 Å². The first-order valence-corrected chi connectivity index (χ1v) is 6.81. The summed E-state index contributed by atoms with van der Waals surface area (Å²) in [5.74, 6) is -0.737. The molecule has 0 atom stereocenters. The summed E-state index contributed by atoms with van der Waals surface area (Å²) in [5, 5.41) is 2.78. The molecule has 104 valence electrons. The lowest BCUT2D eigenvalue weighted by molar-refractivity contribution is 0.102. The molecule has 0 saturated carbocycles. The minimum Gasteiger partial charge on any atom is -0.397 e. The highest BCUT2D eigenvalue weighted by Gasteiger charge is 2.12. The van der Waals surface area contributed by atoms with Gasteiger partial charge >= 0.3 is 0 Å². The molecule has 2 rings (SSSR count). The van der Waals surface area contributed by atoms with Crippen LogP contribution in [0.5, 0.6) is 0 Å². The summed E-state index contributed by atoms with van der Waals surface area (Å²) in [5.41, 5.74) is 9.29. The lowest BCUT2D eigenvalue weighted by Crippen LogP contribution is -2.14. The van der Waals surface area contributed by atoms with Crippen LogP contribution < -0.4 is 11.1 Å². The van der Waals surface area contributed by atoms with Crippen molar-refractivity contribution in [3.8, 4) is 0 Å². The number of nitrogen functional groups attached to an aromatic ring is 1. The molecule has 2 aromatic carbocycles. The van der Waals surface area contributed by atoms with Crippen LogP contribution in [0.15, 0.2) is 34.8 Å². The maximum absolute atomic E-state index is 13.2. The van der Waals surface area contributed by atoms with Gasteiger partial charge in [-0.1, -0.05) is 6.07 Å². The summed E-state index contributed by atoms with van der Waals surface area (Å²) in [6.45, 7) is 3.83. The van der Waals surface area contributed by atoms with E-state index < -0.39 is 5.82 Å². The van der Waals surface area contributed by atoms with Gasteiger partial charge in [0.05, 0.1) is 15.8 Å². The van der Waals surface area contributed by atoms with Gasteiger partial charge in [-0.3, -0.25) is 4.79 Å². The highest BCUT2D eigenvalue weighted by atomic mass is 79.9. The third-order valence-corrected chi connectivity index (χ3v) is 3.80. The highest BCUT2D eigenvalue weighted by Crippen LogP contribution is 2.26. The minimum absolute atomic E-state index is 0.249. The van der Waals surface area contributed by atoms with Gasteiger partial charge in [0.25, 0.3) is 5.91 Å². The number of halogens is 2. The molecule has 0 aliphatic heterocycles. The first-order valence-electron chi connectivity index (χ1n) is 6.02. The summed E-state index contributed by atoms with van der Waals surface area (Å²) >= 11 is 3.06. The smallest absolute Gasteiger partial charge is 0.255 e. The van der Waals surface area contributed by atoms with E-state index in [9.17, 15) is 9.18 Å². The number of benzene rings is 2. The fourth-order valence-electron chi connectivity index (χ4n) is 1.83. The van der Waals surface area contributed by atoms with Crippen LogP contribution in [-0.4, -0.2) is 5.91 Å². The molecule has 3 nitrogen and oxygen atoms in total. The number of amides is 1. The van der Waals surface area contributed by atoms with Crippen LogP contribution in [0.4, 0.5) is 15.8 Å². The predicted octanol–water partition coefficient (Wildman–Crippen LogP) is 4.04. The van der Waals surface area contributed by atoms with Gasteiger partial charge in [0.2, 0.25) is 0 Å². The normalized spacial score (nSPS) is 10.4. The standard InChI is InChI=1S/C15H14BrFN2O/c1-8-3-6-13(18)14(9(8)2)19-15(20)10-4-5-12(17)11(16)7-10/h3-7H,18H2,1-2H3,(H,19,20). The minimum atomic E-state index is -0.409. The fraction of sp³-hybridized carbons (Fsp3) is 0.133. The number of aryl methyl sites for hydroxylation is 1. The molecule has 0 aliphatic rings. The van der Waals surface area contributed by atoms with Gasteiger partial charge in [0.15, 0.2) is 0 Å². The van der Waals surface area contributed by atoms with Crippen molar-refractivity contribution in [2.24, 2.45) is 0 Å². The van der Waals surface area contributed by atoms with Crippen LogP contribution in [0, 0.1) is 19.7 Å². The Balaban J connectivity index is 2.32. The molecular weight excluding hydrogens is 323 g/mol. The van der Waals surface area contributed by atoms with Crippen LogP contribution in [0.3, 0.4) is 0 Å². The molecule has 2 aromatic rings. The topological polar surface area (TPSA) is 55.1 Å². The largest absolute Gasteiger partial charge is 0.397 e. The molecule has 0 aliphatic carbocycles. The maximum atomic E-state index is 13.2. The monoisotopic (exact) mass is 336 g/mol. The average molecular weight is 337 g/mol. The Bertz CT molecular complexity index is 686. The Kier molecular flexibility index (Phi) is 4.09. The third-order valence-electron chi connectivity index (χ3n) is 3.19. The van der Waals surface area contributed by atoms with E-state index in [2.05, 4.69) is 21.2 Å². The number of hydrogen-bond acceptors (Lipinski definition) is 2. The van der Waals surface area contributed by atoms with E-state index in [0.29, 0.717) is 16.9 Å². The molecule has 20 heavy (non-hydrogen) atoms. The summed E-state index contributed by atoms with van der Waals surface area (Å²) in [6, 6.07) is 7.75. The van der Waals surface area contributed by atoms with Gasteiger partial charge in [-0.25, -0.2) is 4.39 Å². The van der Waals surface area contributed by atoms with Crippen molar-refractivity contribution in [2.75, 3.05) is 11.1 Å². The van der Waals surface area contributed by atoms with E-state index in [1.807, 2.05) is 19.9 Å². The molecule has 5 heteroatoms. The van der Waals surface area contributed by atoms with E-state index >= 15 is 0 Å². The summed E-state index contributed by atoms with van der Waals surface area (Å²) in [4.78, 5) is 12.2. The number of rotatable bonds is 2. The molecule has 0 unspecified atom stereocenters. The Morgan fingerprint density at radius 1 is 1.25 bits per heavy atom. The zero-order chi connectivity index (χ0) is 14.9. The molecule has 1 amide bonds. The van der Waals surface area contributed by atoms with Crippen molar-refractivity contribution in [1.82, 2.24) is 0 Å². The van der Waals surface area contributed by atoms with E-state index in [1.54, 1.807) is 6.07 Å². The molecule has 0 saturated heterocycles. The van der Waals surface area contributed by atoms with Crippen LogP contribution in [0.25, 0.3) is 0 Å². The van der Waals surface area contributed by atoms with Crippen molar-refractivity contribution in [1.29, 1.82) is 0 Å². The van der Waals surface area contributed by atoms with Crippen molar-refractivity contribution in [2.45, 2.75) is 13.8 Å². The van der Waals surface area contributed by atoms with Crippen LogP contribution >= 0.6 is 15.9 Å². The third kappa shape index (κ3) is 2.82. The summed E-state index contributed by atoms with van der Waals surface area (Å²) in [7, 11) is 0. The lowest BCUT2D eigenvalue weighted by atomic mass is 10.1. The Hall–Kier alpha value is -1.88. The number of carbonyl (C=O) groups is 1. The number of nitrogens with two attached hydrogens (primary N) is 1. The zero-order valence-corrected chi connectivity index (χ0v) is 12.7. The summed E-state index contributed by atoms with van der Waals surface area (Å²) < 4.78 is 13.4. The second kappa shape index (κ2) is 5.63. The SMILES string of the molecule is Cc1ccc(N)c(NC(=O)c2ccc(F)c(Br)c2)c1C. The van der Waals surface area contributed by atoms with Crippen LogP contribution in [-0.2, 0) is 0 Å². The van der Waals surface area contributed by atoms with E-state index in [1.165, 1.54) is 18.2 Å². The van der Waals surface area contributed by atoms with Crippen LogP contribution in [0.1, 0.15) is 21.5 Å². The van der Waals surface area contributed by atoms with E-state index in [-0.39, 0.29) is 10.4 Å². The second-order valence-electron chi connectivity index (χ2n) is 4.55. The first-order chi connectivity index (χ1) is 9.40. The van der Waals surface area contributed by atoms with Gasteiger partial charge < -0.3 is 11.1 Å². The zero-order valence-electron chi connectivity index (χ0n) is 11.1. The van der Waals surface area contributed by atoms with Gasteiger partial charge in [-0.2, -0.15) is 0 Å². The number of hydrogen-bond donors (Lipinski definition) is 2. The Morgan fingerprint density at radius 2 is 1.95 bits per heavy atom. The molecule has 0 fully saturated rings. The molecule has 3 N–H and O–H groups in total. The van der Waals surface area contributed by atoms with Crippen molar-refractivity contribution < 1.29 is 9.18 Å². The van der Waals surface area contributed by atoms with Gasteiger partial charge in [0.1, 0.15) is 5.82 Å². The van der Waals surface area contributed by atoms with Crippen molar-refractivity contribution in [3.05, 3.63) is 57.3 Å². The second-order valence-corrected chi connectivity index (χ2v) is 5.41. The lowest BCUT2D eigenvalue weighted by Gasteiger charge is -2.13. The first kappa shape index (κ1) is 14.5. The Morgan fingerprint density at radius 3 is 2.60 bits per heavy atom. The maximum Gasteiger partial charge on any atom is 0.255 e. The molecule has 0 aromatic heterocycles. The van der Waals surface area contributed by atoms with E-state index in [4.69, 9.17) is 5.73 Å².